The molecule has 0 bridgehead atoms. The smallest absolute Gasteiger partial charge is 0.0977 e. The minimum Gasteiger partial charge on any atom is -0.375 e. The van der Waals surface area contributed by atoms with E-state index in [1.54, 1.807) is 7.11 Å². The average molecular weight is 261 g/mol. The van der Waals surface area contributed by atoms with Crippen LogP contribution in [0.25, 0.3) is 0 Å². The number of methoxy groups -OCH3 is 1. The molecule has 1 aromatic rings. The molecule has 1 N–H and O–H groups in total. The van der Waals surface area contributed by atoms with Crippen LogP contribution in [0.3, 0.4) is 0 Å². The van der Waals surface area contributed by atoms with Crippen molar-refractivity contribution in [2.24, 2.45) is 0 Å². The van der Waals surface area contributed by atoms with Gasteiger partial charge in [-0.15, -0.1) is 0 Å². The van der Waals surface area contributed by atoms with Crippen LogP contribution in [-0.4, -0.2) is 19.7 Å². The Kier molecular flexibility index (Phi) is 7.46. The van der Waals surface area contributed by atoms with Gasteiger partial charge < -0.3 is 10.1 Å². The Labute approximate surface area is 117 Å². The molecule has 0 heterocycles. The van der Waals surface area contributed by atoms with Crippen molar-refractivity contribution in [3.8, 4) is 0 Å². The third-order valence-electron chi connectivity index (χ3n) is 3.41. The first-order chi connectivity index (χ1) is 9.22. The lowest BCUT2D eigenvalue weighted by atomic mass is 9.95. The normalized spacial score (nSPS) is 14.1. The summed E-state index contributed by atoms with van der Waals surface area (Å²) in [6, 6.07) is 10.7. The Morgan fingerprint density at radius 1 is 1.26 bits per heavy atom. The van der Waals surface area contributed by atoms with E-state index in [-0.39, 0.29) is 6.10 Å². The molecular weight excluding hydrogens is 234 g/mol. The number of rotatable bonds is 9. The lowest BCUT2D eigenvalue weighted by molar-refractivity contribution is 0.0677. The second-order valence-corrected chi connectivity index (χ2v) is 4.94. The van der Waals surface area contributed by atoms with Crippen molar-refractivity contribution in [3.05, 3.63) is 48.0 Å². The van der Waals surface area contributed by atoms with Crippen molar-refractivity contribution < 1.29 is 4.74 Å². The van der Waals surface area contributed by atoms with Crippen LogP contribution in [0.15, 0.2) is 42.5 Å². The zero-order valence-corrected chi connectivity index (χ0v) is 12.5. The van der Waals surface area contributed by atoms with Crippen LogP contribution in [0.1, 0.15) is 44.8 Å². The van der Waals surface area contributed by atoms with Gasteiger partial charge in [-0.3, -0.25) is 0 Å². The van der Waals surface area contributed by atoms with Gasteiger partial charge in [0.1, 0.15) is 0 Å². The predicted octanol–water partition coefficient (Wildman–Crippen LogP) is 4.10. The number of benzene rings is 1. The summed E-state index contributed by atoms with van der Waals surface area (Å²) < 4.78 is 5.74. The maximum atomic E-state index is 5.74. The van der Waals surface area contributed by atoms with Crippen LogP contribution in [0, 0.1) is 0 Å². The molecule has 0 saturated carbocycles. The van der Waals surface area contributed by atoms with Gasteiger partial charge >= 0.3 is 0 Å². The Hall–Kier alpha value is -1.12. The fraction of sp³-hybridized carbons (Fsp3) is 0.529. The van der Waals surface area contributed by atoms with Crippen LogP contribution in [0.4, 0.5) is 0 Å². The molecule has 0 radical (unpaired) electrons. The molecule has 1 aromatic carbocycles. The Balaban J connectivity index is 2.82. The van der Waals surface area contributed by atoms with E-state index in [0.717, 1.165) is 25.8 Å². The minimum atomic E-state index is 0.0797. The van der Waals surface area contributed by atoms with E-state index >= 15 is 0 Å². The first-order valence-corrected chi connectivity index (χ1v) is 7.20. The molecule has 0 amide bonds. The van der Waals surface area contributed by atoms with Gasteiger partial charge in [-0.2, -0.15) is 0 Å². The summed E-state index contributed by atoms with van der Waals surface area (Å²) in [7, 11) is 1.78. The van der Waals surface area contributed by atoms with Crippen molar-refractivity contribution in [1.29, 1.82) is 0 Å². The topological polar surface area (TPSA) is 21.3 Å². The lowest BCUT2D eigenvalue weighted by Crippen LogP contribution is -2.36. The fourth-order valence-electron chi connectivity index (χ4n) is 2.25. The third kappa shape index (κ3) is 5.17. The Morgan fingerprint density at radius 3 is 2.47 bits per heavy atom. The summed E-state index contributed by atoms with van der Waals surface area (Å²) in [5, 5.41) is 3.60. The highest BCUT2D eigenvalue weighted by molar-refractivity contribution is 5.20. The van der Waals surface area contributed by atoms with Gasteiger partial charge in [-0.05, 0) is 31.4 Å². The van der Waals surface area contributed by atoms with Crippen LogP contribution < -0.4 is 5.32 Å². The van der Waals surface area contributed by atoms with Crippen LogP contribution in [0.2, 0.25) is 0 Å². The van der Waals surface area contributed by atoms with Crippen LogP contribution in [-0.2, 0) is 4.74 Å². The van der Waals surface area contributed by atoms with Gasteiger partial charge in [0, 0.05) is 13.2 Å². The molecule has 0 saturated heterocycles. The van der Waals surface area contributed by atoms with Gasteiger partial charge in [0.25, 0.3) is 0 Å². The summed E-state index contributed by atoms with van der Waals surface area (Å²) in [6.07, 6.45) is 3.19. The van der Waals surface area contributed by atoms with E-state index in [2.05, 4.69) is 50.0 Å². The number of ether oxygens (including phenoxy) is 1. The minimum absolute atomic E-state index is 0.0797. The number of hydrogen-bond donors (Lipinski definition) is 1. The zero-order chi connectivity index (χ0) is 14.1. The van der Waals surface area contributed by atoms with Crippen molar-refractivity contribution in [2.45, 2.75) is 45.3 Å². The third-order valence-corrected chi connectivity index (χ3v) is 3.41. The number of nitrogens with one attached hydrogen (secondary N) is 1. The maximum absolute atomic E-state index is 5.74. The van der Waals surface area contributed by atoms with E-state index < -0.39 is 0 Å². The van der Waals surface area contributed by atoms with Crippen molar-refractivity contribution >= 4 is 0 Å². The summed E-state index contributed by atoms with van der Waals surface area (Å²) in [4.78, 5) is 0. The highest BCUT2D eigenvalue weighted by atomic mass is 16.5. The first-order valence-electron chi connectivity index (χ1n) is 7.20. The largest absolute Gasteiger partial charge is 0.375 e. The molecule has 0 aromatic heterocycles. The molecule has 0 fully saturated rings. The molecule has 0 aliphatic carbocycles. The lowest BCUT2D eigenvalue weighted by Gasteiger charge is -2.28. The van der Waals surface area contributed by atoms with Crippen molar-refractivity contribution in [3.63, 3.8) is 0 Å². The molecule has 1 rings (SSSR count). The molecule has 106 valence electrons. The van der Waals surface area contributed by atoms with E-state index in [1.807, 2.05) is 6.07 Å². The van der Waals surface area contributed by atoms with Crippen LogP contribution >= 0.6 is 0 Å². The molecular formula is C17H27NO. The number of hydrogen-bond acceptors (Lipinski definition) is 2. The summed E-state index contributed by atoms with van der Waals surface area (Å²) in [5.74, 6) is 0. The summed E-state index contributed by atoms with van der Waals surface area (Å²) in [5.41, 5.74) is 2.49. The molecule has 0 spiro atoms. The van der Waals surface area contributed by atoms with E-state index in [9.17, 15) is 0 Å². The molecule has 0 aliphatic heterocycles. The Morgan fingerprint density at radius 2 is 1.95 bits per heavy atom. The maximum Gasteiger partial charge on any atom is 0.0977 e. The van der Waals surface area contributed by atoms with Gasteiger partial charge in [0.05, 0.1) is 6.10 Å². The molecule has 2 unspecified atom stereocenters. The second kappa shape index (κ2) is 8.89. The fourth-order valence-corrected chi connectivity index (χ4v) is 2.25. The summed E-state index contributed by atoms with van der Waals surface area (Å²) in [6.45, 7) is 9.48. The zero-order valence-electron chi connectivity index (χ0n) is 12.5. The van der Waals surface area contributed by atoms with E-state index in [4.69, 9.17) is 4.74 Å². The molecule has 2 heteroatoms. The van der Waals surface area contributed by atoms with Crippen molar-refractivity contribution in [2.75, 3.05) is 13.7 Å². The van der Waals surface area contributed by atoms with Gasteiger partial charge in [-0.1, -0.05) is 56.3 Å². The highest BCUT2D eigenvalue weighted by Gasteiger charge is 2.22. The second-order valence-electron chi connectivity index (χ2n) is 4.94. The van der Waals surface area contributed by atoms with E-state index in [0.29, 0.717) is 6.04 Å². The SMILES string of the molecule is C=C(CC)CC(NCCC)C(OC)c1ccccc1. The first kappa shape index (κ1) is 15.9. The van der Waals surface area contributed by atoms with Gasteiger partial charge in [0.2, 0.25) is 0 Å². The molecule has 19 heavy (non-hydrogen) atoms. The summed E-state index contributed by atoms with van der Waals surface area (Å²) >= 11 is 0. The quantitative estimate of drug-likeness (QED) is 0.676. The predicted molar refractivity (Wildman–Crippen MR) is 82.3 cm³/mol. The molecule has 2 nitrogen and oxygen atoms in total. The molecule has 2 atom stereocenters. The van der Waals surface area contributed by atoms with Crippen LogP contribution in [0.5, 0.6) is 0 Å². The standard InChI is InChI=1S/C17H27NO/c1-5-12-18-16(13-14(3)6-2)17(19-4)15-10-8-7-9-11-15/h7-11,16-18H,3,5-6,12-13H2,1-2,4H3. The monoisotopic (exact) mass is 261 g/mol. The van der Waals surface area contributed by atoms with Crippen molar-refractivity contribution in [1.82, 2.24) is 5.32 Å². The van der Waals surface area contributed by atoms with E-state index in [1.165, 1.54) is 11.1 Å². The highest BCUT2D eigenvalue weighted by Crippen LogP contribution is 2.25. The Bertz CT molecular complexity index is 361. The van der Waals surface area contributed by atoms with Gasteiger partial charge in [-0.25, -0.2) is 0 Å². The van der Waals surface area contributed by atoms with Gasteiger partial charge in [0.15, 0.2) is 0 Å². The average Bonchev–Trinajstić information content (AvgIpc) is 2.46. The molecule has 0 aliphatic rings.